The number of nitrogens with zero attached hydrogens (tertiary/aromatic N) is 3. The number of hydrogen-bond donors (Lipinski definition) is 0. The largest absolute Gasteiger partial charge is 0.264 e. The number of fused-ring (bicyclic) bond motifs is 1. The van der Waals surface area contributed by atoms with E-state index in [1.54, 1.807) is 0 Å². The van der Waals surface area contributed by atoms with E-state index in [2.05, 4.69) is 169 Å². The third kappa shape index (κ3) is 6.28. The molecule has 0 aliphatic rings. The molecule has 0 fully saturated rings. The fraction of sp³-hybridized carbons (Fsp3) is 0. The van der Waals surface area contributed by atoms with Crippen molar-refractivity contribution >= 4 is 10.8 Å². The number of hydrogen-bond acceptors (Lipinski definition) is 3. The summed E-state index contributed by atoms with van der Waals surface area (Å²) in [5.41, 5.74) is 13.8. The van der Waals surface area contributed by atoms with Crippen molar-refractivity contribution in [3.63, 3.8) is 0 Å². The number of aromatic nitrogens is 3. The van der Waals surface area contributed by atoms with Crippen LogP contribution in [0.4, 0.5) is 0 Å². The molecule has 0 bridgehead atoms. The van der Waals surface area contributed by atoms with Crippen LogP contribution in [0.25, 0.3) is 89.2 Å². The van der Waals surface area contributed by atoms with E-state index < -0.39 is 0 Å². The van der Waals surface area contributed by atoms with Gasteiger partial charge in [-0.15, -0.1) is 0 Å². The Kier molecular flexibility index (Phi) is 8.20. The molecule has 2 heterocycles. The molecule has 7 aromatic carbocycles. The lowest BCUT2D eigenvalue weighted by atomic mass is 9.88. The summed E-state index contributed by atoms with van der Waals surface area (Å²) < 4.78 is 0. The SMILES string of the molecule is c1ccc(-c2ccc(-c3cc(-c4cccnc4)cc(-c4cc(-c5ccc6ccccc6c5)nc(-c5ccccc5)n4)c3)c(-c3ccccc3)c2)cc1. The summed E-state index contributed by atoms with van der Waals surface area (Å²) in [6, 6.07) is 66.2. The first-order valence-electron chi connectivity index (χ1n) is 17.5. The van der Waals surface area contributed by atoms with E-state index in [-0.39, 0.29) is 0 Å². The molecule has 52 heavy (non-hydrogen) atoms. The van der Waals surface area contributed by atoms with Gasteiger partial charge in [0.1, 0.15) is 0 Å². The molecule has 3 heteroatoms. The molecule has 0 atom stereocenters. The Morgan fingerprint density at radius 1 is 0.288 bits per heavy atom. The van der Waals surface area contributed by atoms with Crippen LogP contribution in [0.2, 0.25) is 0 Å². The maximum atomic E-state index is 5.24. The topological polar surface area (TPSA) is 38.7 Å². The standard InChI is InChI=1S/C49H33N3/c1-4-13-34(14-5-1)39-24-25-45(46(31-39)36-16-6-2-7-17-36)43-28-42(41-21-12-26-50-33-41)29-44(30-43)48-32-47(51-49(52-48)37-18-8-3-9-19-37)40-23-22-35-15-10-11-20-38(35)27-40/h1-33H. The van der Waals surface area contributed by atoms with E-state index in [0.717, 1.165) is 55.9 Å². The molecule has 0 spiro atoms. The Labute approximate surface area is 303 Å². The minimum atomic E-state index is 0.687. The van der Waals surface area contributed by atoms with Crippen LogP contribution in [0.15, 0.2) is 200 Å². The molecule has 3 nitrogen and oxygen atoms in total. The molecular weight excluding hydrogens is 631 g/mol. The zero-order valence-corrected chi connectivity index (χ0v) is 28.4. The molecule has 0 saturated heterocycles. The molecular formula is C49H33N3. The van der Waals surface area contributed by atoms with Gasteiger partial charge in [0.25, 0.3) is 0 Å². The monoisotopic (exact) mass is 663 g/mol. The highest BCUT2D eigenvalue weighted by molar-refractivity contribution is 5.91. The molecule has 244 valence electrons. The molecule has 9 rings (SSSR count). The van der Waals surface area contributed by atoms with Crippen molar-refractivity contribution in [2.24, 2.45) is 0 Å². The van der Waals surface area contributed by atoms with Gasteiger partial charge in [0.2, 0.25) is 0 Å². The van der Waals surface area contributed by atoms with Crippen LogP contribution < -0.4 is 0 Å². The van der Waals surface area contributed by atoms with Crippen LogP contribution in [0, 0.1) is 0 Å². The summed E-state index contributed by atoms with van der Waals surface area (Å²) >= 11 is 0. The summed E-state index contributed by atoms with van der Waals surface area (Å²) in [5, 5.41) is 2.37. The average Bonchev–Trinajstić information content (AvgIpc) is 3.24. The van der Waals surface area contributed by atoms with Gasteiger partial charge in [-0.2, -0.15) is 0 Å². The van der Waals surface area contributed by atoms with E-state index in [1.165, 1.54) is 27.5 Å². The Balaban J connectivity index is 1.27. The smallest absolute Gasteiger partial charge is 0.160 e. The molecule has 0 aliphatic heterocycles. The van der Waals surface area contributed by atoms with Crippen LogP contribution >= 0.6 is 0 Å². The Hall–Kier alpha value is -6.97. The lowest BCUT2D eigenvalue weighted by molar-refractivity contribution is 1.18. The molecule has 9 aromatic rings. The van der Waals surface area contributed by atoms with Crippen LogP contribution in [0.5, 0.6) is 0 Å². The van der Waals surface area contributed by atoms with Crippen molar-refractivity contribution in [3.05, 3.63) is 200 Å². The zero-order chi connectivity index (χ0) is 34.7. The second-order valence-electron chi connectivity index (χ2n) is 12.9. The summed E-state index contributed by atoms with van der Waals surface area (Å²) in [7, 11) is 0. The lowest BCUT2D eigenvalue weighted by Crippen LogP contribution is -1.97. The highest BCUT2D eigenvalue weighted by atomic mass is 14.9. The van der Waals surface area contributed by atoms with Crippen molar-refractivity contribution in [3.8, 4) is 78.4 Å². The van der Waals surface area contributed by atoms with Gasteiger partial charge >= 0.3 is 0 Å². The molecule has 0 unspecified atom stereocenters. The van der Waals surface area contributed by atoms with Gasteiger partial charge < -0.3 is 0 Å². The van der Waals surface area contributed by atoms with Gasteiger partial charge in [0.05, 0.1) is 11.4 Å². The van der Waals surface area contributed by atoms with Gasteiger partial charge in [0.15, 0.2) is 5.82 Å². The van der Waals surface area contributed by atoms with E-state index in [0.29, 0.717) is 5.82 Å². The predicted molar refractivity (Wildman–Crippen MR) is 215 cm³/mol. The van der Waals surface area contributed by atoms with E-state index >= 15 is 0 Å². The van der Waals surface area contributed by atoms with Crippen molar-refractivity contribution in [2.45, 2.75) is 0 Å². The Morgan fingerprint density at radius 3 is 1.62 bits per heavy atom. The summed E-state index contributed by atoms with van der Waals surface area (Å²) in [6.45, 7) is 0. The van der Waals surface area contributed by atoms with Crippen molar-refractivity contribution < 1.29 is 0 Å². The van der Waals surface area contributed by atoms with E-state index in [1.807, 2.05) is 36.7 Å². The van der Waals surface area contributed by atoms with Crippen LogP contribution in [0.1, 0.15) is 0 Å². The molecule has 0 amide bonds. The fourth-order valence-corrected chi connectivity index (χ4v) is 6.90. The van der Waals surface area contributed by atoms with Gasteiger partial charge in [-0.3, -0.25) is 4.98 Å². The van der Waals surface area contributed by atoms with E-state index in [9.17, 15) is 0 Å². The maximum absolute atomic E-state index is 5.24. The normalized spacial score (nSPS) is 11.1. The van der Waals surface area contributed by atoms with Gasteiger partial charge in [0, 0.05) is 34.6 Å². The van der Waals surface area contributed by atoms with Gasteiger partial charge in [-0.05, 0) is 92.2 Å². The molecule has 0 aliphatic carbocycles. The number of rotatable bonds is 7. The summed E-state index contributed by atoms with van der Waals surface area (Å²) in [6.07, 6.45) is 3.74. The molecule has 0 radical (unpaired) electrons. The van der Waals surface area contributed by atoms with Crippen molar-refractivity contribution in [1.29, 1.82) is 0 Å². The molecule has 0 N–H and O–H groups in total. The fourth-order valence-electron chi connectivity index (χ4n) is 6.90. The number of pyridine rings is 1. The summed E-state index contributed by atoms with van der Waals surface area (Å²) in [5.74, 6) is 0.687. The Bertz CT molecular complexity index is 2650. The predicted octanol–water partition coefficient (Wildman–Crippen LogP) is 12.7. The second-order valence-corrected chi connectivity index (χ2v) is 12.9. The number of benzene rings is 7. The average molecular weight is 664 g/mol. The Morgan fingerprint density at radius 2 is 0.885 bits per heavy atom. The summed E-state index contributed by atoms with van der Waals surface area (Å²) in [4.78, 5) is 14.9. The van der Waals surface area contributed by atoms with Crippen molar-refractivity contribution in [1.82, 2.24) is 15.0 Å². The van der Waals surface area contributed by atoms with Gasteiger partial charge in [-0.1, -0.05) is 146 Å². The third-order valence-corrected chi connectivity index (χ3v) is 9.55. The van der Waals surface area contributed by atoms with Gasteiger partial charge in [-0.25, -0.2) is 9.97 Å². The highest BCUT2D eigenvalue weighted by Crippen LogP contribution is 2.40. The molecule has 0 saturated carbocycles. The quantitative estimate of drug-likeness (QED) is 0.170. The first-order chi connectivity index (χ1) is 25.7. The van der Waals surface area contributed by atoms with E-state index in [4.69, 9.17) is 9.97 Å². The first-order valence-corrected chi connectivity index (χ1v) is 17.5. The zero-order valence-electron chi connectivity index (χ0n) is 28.4. The highest BCUT2D eigenvalue weighted by Gasteiger charge is 2.16. The maximum Gasteiger partial charge on any atom is 0.160 e. The first kappa shape index (κ1) is 31.0. The third-order valence-electron chi connectivity index (χ3n) is 9.55. The van der Waals surface area contributed by atoms with Crippen molar-refractivity contribution in [2.75, 3.05) is 0 Å². The van der Waals surface area contributed by atoms with Crippen LogP contribution in [0.3, 0.4) is 0 Å². The van der Waals surface area contributed by atoms with Crippen LogP contribution in [-0.2, 0) is 0 Å². The minimum Gasteiger partial charge on any atom is -0.264 e. The van der Waals surface area contributed by atoms with Crippen LogP contribution in [-0.4, -0.2) is 15.0 Å². The minimum absolute atomic E-state index is 0.687. The molecule has 2 aromatic heterocycles. The lowest BCUT2D eigenvalue weighted by Gasteiger charge is -2.16. The second kappa shape index (κ2) is 13.7.